The minimum Gasteiger partial charge on any atom is -0.496 e. The average molecular weight is 438 g/mol. The van der Waals surface area contributed by atoms with E-state index < -0.39 is 0 Å². The maximum Gasteiger partial charge on any atom is 0.247 e. The number of hydrogen-bond donors (Lipinski definition) is 1. The van der Waals surface area contributed by atoms with Crippen molar-refractivity contribution < 1.29 is 23.7 Å². The van der Waals surface area contributed by atoms with E-state index in [1.165, 1.54) is 12.8 Å². The van der Waals surface area contributed by atoms with Gasteiger partial charge in [-0.2, -0.15) is 0 Å². The highest BCUT2D eigenvalue weighted by Crippen LogP contribution is 2.38. The second-order valence-electron chi connectivity index (χ2n) is 8.29. The van der Waals surface area contributed by atoms with Crippen LogP contribution in [0.25, 0.3) is 6.08 Å². The van der Waals surface area contributed by atoms with Crippen LogP contribution in [0.5, 0.6) is 23.0 Å². The molecule has 2 aliphatic rings. The summed E-state index contributed by atoms with van der Waals surface area (Å²) in [6.07, 6.45) is 7.32. The van der Waals surface area contributed by atoms with Gasteiger partial charge in [0.15, 0.2) is 11.5 Å². The second kappa shape index (κ2) is 9.98. The van der Waals surface area contributed by atoms with E-state index in [9.17, 15) is 4.79 Å². The van der Waals surface area contributed by atoms with E-state index in [4.69, 9.17) is 18.9 Å². The number of carbonyl (C=O) groups excluding carboxylic acids is 1. The smallest absolute Gasteiger partial charge is 0.247 e. The molecule has 0 spiro atoms. The molecule has 1 amide bonds. The first-order valence-corrected chi connectivity index (χ1v) is 11.2. The summed E-state index contributed by atoms with van der Waals surface area (Å²) in [5.74, 6) is 2.94. The summed E-state index contributed by atoms with van der Waals surface area (Å²) in [6, 6.07) is 11.7. The molecule has 0 unspecified atom stereocenters. The van der Waals surface area contributed by atoms with Crippen molar-refractivity contribution in [2.75, 3.05) is 27.9 Å². The summed E-state index contributed by atoms with van der Waals surface area (Å²) in [6.45, 7) is 0.578. The van der Waals surface area contributed by atoms with E-state index in [-0.39, 0.29) is 17.9 Å². The van der Waals surface area contributed by atoms with Gasteiger partial charge in [-0.1, -0.05) is 12.1 Å². The van der Waals surface area contributed by atoms with Gasteiger partial charge in [0.25, 0.3) is 0 Å². The third-order valence-corrected chi connectivity index (χ3v) is 6.31. The Hall–Kier alpha value is -3.15. The van der Waals surface area contributed by atoms with Gasteiger partial charge in [0.05, 0.1) is 33.0 Å². The van der Waals surface area contributed by atoms with E-state index in [2.05, 4.69) is 17.4 Å². The van der Waals surface area contributed by atoms with Crippen LogP contribution in [-0.2, 0) is 4.79 Å². The zero-order valence-corrected chi connectivity index (χ0v) is 19.0. The Balaban J connectivity index is 1.61. The summed E-state index contributed by atoms with van der Waals surface area (Å²) in [4.78, 5) is 12.7. The largest absolute Gasteiger partial charge is 0.496 e. The lowest BCUT2D eigenvalue weighted by Gasteiger charge is -2.26. The van der Waals surface area contributed by atoms with Crippen LogP contribution in [0.1, 0.15) is 49.1 Å². The Morgan fingerprint density at radius 3 is 2.25 bits per heavy atom. The zero-order chi connectivity index (χ0) is 22.5. The first-order chi connectivity index (χ1) is 15.6. The van der Waals surface area contributed by atoms with Crippen molar-refractivity contribution in [1.82, 2.24) is 5.32 Å². The maximum absolute atomic E-state index is 12.7. The van der Waals surface area contributed by atoms with E-state index in [0.717, 1.165) is 35.5 Å². The molecule has 1 heterocycles. The molecule has 1 N–H and O–H groups in total. The van der Waals surface area contributed by atoms with Gasteiger partial charge in [0, 0.05) is 18.0 Å². The van der Waals surface area contributed by atoms with Crippen LogP contribution in [0.15, 0.2) is 42.0 Å². The van der Waals surface area contributed by atoms with Gasteiger partial charge in [-0.25, -0.2) is 0 Å². The number of methoxy groups -OCH3 is 3. The Morgan fingerprint density at radius 1 is 0.906 bits per heavy atom. The molecule has 1 saturated heterocycles. The summed E-state index contributed by atoms with van der Waals surface area (Å²) in [7, 11) is 4.90. The molecule has 2 aromatic rings. The van der Waals surface area contributed by atoms with Crippen LogP contribution in [0.3, 0.4) is 0 Å². The number of rotatable bonds is 7. The molecule has 1 aliphatic carbocycles. The van der Waals surface area contributed by atoms with Crippen molar-refractivity contribution in [3.63, 3.8) is 0 Å². The SMILES string of the molecule is COc1ccc([C@H]2CNC(=O)C(=Cc3c(OC)cccc3OC)C2)cc1OC1CCCC1. The van der Waals surface area contributed by atoms with Crippen LogP contribution >= 0.6 is 0 Å². The number of ether oxygens (including phenoxy) is 4. The monoisotopic (exact) mass is 437 g/mol. The predicted octanol–water partition coefficient (Wildman–Crippen LogP) is 4.72. The quantitative estimate of drug-likeness (QED) is 0.635. The molecule has 2 aromatic carbocycles. The molecule has 170 valence electrons. The third kappa shape index (κ3) is 4.69. The summed E-state index contributed by atoms with van der Waals surface area (Å²) < 4.78 is 22.8. The first kappa shape index (κ1) is 22.1. The zero-order valence-electron chi connectivity index (χ0n) is 19.0. The van der Waals surface area contributed by atoms with Crippen molar-refractivity contribution in [2.45, 2.75) is 44.1 Å². The Morgan fingerprint density at radius 2 is 1.59 bits per heavy atom. The summed E-state index contributed by atoms with van der Waals surface area (Å²) in [5, 5.41) is 3.04. The number of benzene rings is 2. The van der Waals surface area contributed by atoms with Crippen molar-refractivity contribution in [3.8, 4) is 23.0 Å². The maximum atomic E-state index is 12.7. The van der Waals surface area contributed by atoms with Gasteiger partial charge in [0.2, 0.25) is 5.91 Å². The van der Waals surface area contributed by atoms with Gasteiger partial charge in [-0.05, 0) is 68.0 Å². The van der Waals surface area contributed by atoms with Crippen molar-refractivity contribution in [3.05, 3.63) is 53.1 Å². The summed E-state index contributed by atoms with van der Waals surface area (Å²) in [5.41, 5.74) is 2.58. The van der Waals surface area contributed by atoms with Crippen molar-refractivity contribution >= 4 is 12.0 Å². The molecule has 0 radical (unpaired) electrons. The molecule has 0 aromatic heterocycles. The van der Waals surface area contributed by atoms with Crippen molar-refractivity contribution in [1.29, 1.82) is 0 Å². The topological polar surface area (TPSA) is 66.0 Å². The molecule has 6 nitrogen and oxygen atoms in total. The minimum atomic E-state index is -0.0647. The molecule has 4 rings (SSSR count). The second-order valence-corrected chi connectivity index (χ2v) is 8.29. The Kier molecular flexibility index (Phi) is 6.88. The van der Waals surface area contributed by atoms with Crippen LogP contribution < -0.4 is 24.3 Å². The van der Waals surface area contributed by atoms with Crippen LogP contribution in [0.2, 0.25) is 0 Å². The fourth-order valence-corrected chi connectivity index (χ4v) is 4.54. The summed E-state index contributed by atoms with van der Waals surface area (Å²) >= 11 is 0. The fourth-order valence-electron chi connectivity index (χ4n) is 4.54. The van der Waals surface area contributed by atoms with E-state index in [1.54, 1.807) is 21.3 Å². The highest BCUT2D eigenvalue weighted by atomic mass is 16.5. The van der Waals surface area contributed by atoms with Gasteiger partial charge >= 0.3 is 0 Å². The number of hydrogen-bond acceptors (Lipinski definition) is 5. The normalized spacial score (nSPS) is 20.2. The molecular formula is C26H31NO5. The van der Waals surface area contributed by atoms with Gasteiger partial charge in [0.1, 0.15) is 11.5 Å². The standard InChI is InChI=1S/C26H31NO5/c1-29-22-9-6-10-23(30-2)21(22)14-18-13-19(16-27-26(18)28)17-11-12-24(31-3)25(15-17)32-20-7-4-5-8-20/h6,9-12,14-15,19-20H,4-5,7-8,13,16H2,1-3H3,(H,27,28)/t19-/m1/s1. The molecule has 6 heteroatoms. The van der Waals surface area contributed by atoms with Gasteiger partial charge in [-0.15, -0.1) is 0 Å². The molecule has 32 heavy (non-hydrogen) atoms. The average Bonchev–Trinajstić information content (AvgIpc) is 3.33. The Bertz CT molecular complexity index is 971. The van der Waals surface area contributed by atoms with E-state index in [1.807, 2.05) is 30.3 Å². The molecule has 1 atom stereocenters. The van der Waals surface area contributed by atoms with Gasteiger partial charge in [-0.3, -0.25) is 4.79 Å². The highest BCUT2D eigenvalue weighted by molar-refractivity contribution is 5.99. The van der Waals surface area contributed by atoms with Crippen LogP contribution in [0, 0.1) is 0 Å². The fraction of sp³-hybridized carbons (Fsp3) is 0.423. The van der Waals surface area contributed by atoms with E-state index in [0.29, 0.717) is 30.0 Å². The highest BCUT2D eigenvalue weighted by Gasteiger charge is 2.27. The molecule has 0 bridgehead atoms. The predicted molar refractivity (Wildman–Crippen MR) is 124 cm³/mol. The Labute approximate surface area is 189 Å². The van der Waals surface area contributed by atoms with Crippen LogP contribution in [0.4, 0.5) is 0 Å². The molecule has 1 aliphatic heterocycles. The molecule has 1 saturated carbocycles. The van der Waals surface area contributed by atoms with E-state index >= 15 is 0 Å². The molecule has 2 fully saturated rings. The number of carbonyl (C=O) groups is 1. The first-order valence-electron chi connectivity index (χ1n) is 11.2. The van der Waals surface area contributed by atoms with Crippen molar-refractivity contribution in [2.24, 2.45) is 0 Å². The minimum absolute atomic E-state index is 0.0647. The van der Waals surface area contributed by atoms with Crippen LogP contribution in [-0.4, -0.2) is 39.9 Å². The lowest BCUT2D eigenvalue weighted by atomic mass is 9.87. The molecular weight excluding hydrogens is 406 g/mol. The lowest BCUT2D eigenvalue weighted by Crippen LogP contribution is -2.35. The van der Waals surface area contributed by atoms with Gasteiger partial charge < -0.3 is 24.3 Å². The third-order valence-electron chi connectivity index (χ3n) is 6.31. The number of piperidine rings is 1. The number of nitrogens with one attached hydrogen (secondary N) is 1. The number of amides is 1. The lowest BCUT2D eigenvalue weighted by molar-refractivity contribution is -0.118.